The van der Waals surface area contributed by atoms with Crippen LogP contribution in [0.4, 0.5) is 0 Å². The Balaban J connectivity index is 2.12. The van der Waals surface area contributed by atoms with E-state index < -0.39 is 12.0 Å². The lowest BCUT2D eigenvalue weighted by atomic mass is 10.1. The Labute approximate surface area is 157 Å². The monoisotopic (exact) mass is 412 g/mol. The molecule has 0 aliphatic carbocycles. The first kappa shape index (κ1) is 19.9. The summed E-state index contributed by atoms with van der Waals surface area (Å²) < 4.78 is 11.5. The van der Waals surface area contributed by atoms with Crippen LogP contribution in [0, 0.1) is 0 Å². The van der Waals surface area contributed by atoms with Gasteiger partial charge in [-0.3, -0.25) is 9.69 Å². The van der Waals surface area contributed by atoms with E-state index in [9.17, 15) is 9.59 Å². The Hall–Kier alpha value is -1.44. The maximum Gasteiger partial charge on any atom is 0.327 e. The number of rotatable bonds is 5. The van der Waals surface area contributed by atoms with Crippen LogP contribution in [0.15, 0.2) is 28.7 Å². The Morgan fingerprint density at radius 2 is 2.00 bits per heavy atom. The van der Waals surface area contributed by atoms with Crippen LogP contribution in [0.5, 0.6) is 0 Å². The molecule has 0 N–H and O–H groups in total. The molecule has 7 heteroatoms. The van der Waals surface area contributed by atoms with Crippen molar-refractivity contribution in [2.45, 2.75) is 32.1 Å². The summed E-state index contributed by atoms with van der Waals surface area (Å²) in [5.41, 5.74) is 0.778. The summed E-state index contributed by atoms with van der Waals surface area (Å²) in [7, 11) is 3.11. The quantitative estimate of drug-likeness (QED) is 0.693. The molecule has 25 heavy (non-hydrogen) atoms. The van der Waals surface area contributed by atoms with Gasteiger partial charge in [-0.2, -0.15) is 0 Å². The molecule has 0 aromatic heterocycles. The molecular weight excluding hydrogens is 388 g/mol. The number of ether oxygens (including phenoxy) is 2. The van der Waals surface area contributed by atoms with Crippen LogP contribution < -0.4 is 0 Å². The van der Waals surface area contributed by atoms with E-state index >= 15 is 0 Å². The number of carbonyl (C=O) groups is 2. The Kier molecular flexibility index (Phi) is 6.98. The van der Waals surface area contributed by atoms with Gasteiger partial charge in [-0.25, -0.2) is 4.79 Å². The third-order valence-corrected chi connectivity index (χ3v) is 4.68. The van der Waals surface area contributed by atoms with E-state index in [1.54, 1.807) is 16.8 Å². The molecule has 138 valence electrons. The maximum absolute atomic E-state index is 12.7. The Bertz CT molecular complexity index is 615. The minimum Gasteiger partial charge on any atom is -0.468 e. The molecule has 0 spiro atoms. The number of hydrogen-bond acceptors (Lipinski definition) is 5. The average molecular weight is 413 g/mol. The van der Waals surface area contributed by atoms with Crippen LogP contribution in [0.3, 0.4) is 0 Å². The summed E-state index contributed by atoms with van der Waals surface area (Å²) in [6.45, 7) is 5.18. The zero-order valence-electron chi connectivity index (χ0n) is 15.1. The highest BCUT2D eigenvalue weighted by Crippen LogP contribution is 2.24. The highest BCUT2D eigenvalue weighted by molar-refractivity contribution is 9.10. The average Bonchev–Trinajstić information content (AvgIpc) is 2.54. The van der Waals surface area contributed by atoms with Crippen molar-refractivity contribution < 1.29 is 19.1 Å². The van der Waals surface area contributed by atoms with E-state index in [-0.39, 0.29) is 24.7 Å². The first-order valence-electron chi connectivity index (χ1n) is 8.28. The number of likely N-dealkylation sites (N-methyl/N-ethyl adjacent to an activating group) is 1. The van der Waals surface area contributed by atoms with Crippen LogP contribution in [0.2, 0.25) is 0 Å². The van der Waals surface area contributed by atoms with Crippen molar-refractivity contribution >= 4 is 27.8 Å². The molecule has 1 heterocycles. The molecule has 3 atom stereocenters. The van der Waals surface area contributed by atoms with Crippen molar-refractivity contribution in [1.82, 2.24) is 9.80 Å². The normalized spacial score (nSPS) is 21.9. The first-order valence-corrected chi connectivity index (χ1v) is 9.08. The van der Waals surface area contributed by atoms with Crippen molar-refractivity contribution in [2.75, 3.05) is 33.8 Å². The van der Waals surface area contributed by atoms with E-state index in [1.165, 1.54) is 7.11 Å². The molecule has 0 saturated carbocycles. The minimum absolute atomic E-state index is 0.0134. The smallest absolute Gasteiger partial charge is 0.327 e. The molecule has 0 unspecified atom stereocenters. The fourth-order valence-corrected chi connectivity index (χ4v) is 3.56. The number of methoxy groups -OCH3 is 1. The standard InChI is InChI=1S/C18H25BrN2O4/c1-12-9-21(10-13(2)25-12)16(22)11-20(3)17(18(23)24-4)14-6-5-7-15(19)8-14/h5-8,12-13,17H,9-11H2,1-4H3/t12-,13-,17-/m0/s1. The molecule has 1 fully saturated rings. The largest absolute Gasteiger partial charge is 0.468 e. The summed E-state index contributed by atoms with van der Waals surface area (Å²) >= 11 is 3.42. The lowest BCUT2D eigenvalue weighted by molar-refractivity contribution is -0.150. The molecular formula is C18H25BrN2O4. The second kappa shape index (κ2) is 8.78. The second-order valence-electron chi connectivity index (χ2n) is 6.45. The van der Waals surface area contributed by atoms with Gasteiger partial charge in [-0.05, 0) is 38.6 Å². The zero-order chi connectivity index (χ0) is 18.6. The Morgan fingerprint density at radius 1 is 1.36 bits per heavy atom. The predicted molar refractivity (Wildman–Crippen MR) is 98.1 cm³/mol. The van der Waals surface area contributed by atoms with Gasteiger partial charge in [0.25, 0.3) is 0 Å². The molecule has 1 saturated heterocycles. The van der Waals surface area contributed by atoms with Crippen LogP contribution >= 0.6 is 15.9 Å². The third-order valence-electron chi connectivity index (χ3n) is 4.19. The van der Waals surface area contributed by atoms with Crippen molar-refractivity contribution in [1.29, 1.82) is 0 Å². The summed E-state index contributed by atoms with van der Waals surface area (Å²) in [6, 6.07) is 6.83. The number of halogens is 1. The van der Waals surface area contributed by atoms with Crippen LogP contribution in [-0.4, -0.2) is 67.7 Å². The molecule has 1 aliphatic heterocycles. The fourth-order valence-electron chi connectivity index (χ4n) is 3.14. The molecule has 1 aliphatic rings. The van der Waals surface area contributed by atoms with Gasteiger partial charge in [-0.15, -0.1) is 0 Å². The molecule has 1 aromatic carbocycles. The van der Waals surface area contributed by atoms with Crippen LogP contribution in [0.1, 0.15) is 25.5 Å². The fraction of sp³-hybridized carbons (Fsp3) is 0.556. The number of benzene rings is 1. The topological polar surface area (TPSA) is 59.1 Å². The van der Waals surface area contributed by atoms with E-state index in [4.69, 9.17) is 9.47 Å². The number of esters is 1. The molecule has 1 aromatic rings. The number of hydrogen-bond donors (Lipinski definition) is 0. The van der Waals surface area contributed by atoms with Crippen molar-refractivity contribution in [2.24, 2.45) is 0 Å². The molecule has 1 amide bonds. The Morgan fingerprint density at radius 3 is 2.56 bits per heavy atom. The van der Waals surface area contributed by atoms with Gasteiger partial charge in [0.1, 0.15) is 6.04 Å². The SMILES string of the molecule is COC(=O)[C@H](c1cccc(Br)c1)N(C)CC(=O)N1C[C@H](C)O[C@@H](C)C1. The lowest BCUT2D eigenvalue weighted by Gasteiger charge is -2.36. The highest BCUT2D eigenvalue weighted by Gasteiger charge is 2.31. The summed E-state index contributed by atoms with van der Waals surface area (Å²) in [4.78, 5) is 28.5. The van der Waals surface area contributed by atoms with Crippen molar-refractivity contribution in [3.05, 3.63) is 34.3 Å². The van der Waals surface area contributed by atoms with Gasteiger partial charge < -0.3 is 14.4 Å². The van der Waals surface area contributed by atoms with Crippen LogP contribution in [-0.2, 0) is 19.1 Å². The number of morpholine rings is 1. The van der Waals surface area contributed by atoms with Gasteiger partial charge in [-0.1, -0.05) is 28.1 Å². The van der Waals surface area contributed by atoms with E-state index in [0.717, 1.165) is 10.0 Å². The van der Waals surface area contributed by atoms with E-state index in [0.29, 0.717) is 13.1 Å². The highest BCUT2D eigenvalue weighted by atomic mass is 79.9. The van der Waals surface area contributed by atoms with E-state index in [1.807, 2.05) is 38.1 Å². The summed E-state index contributed by atoms with van der Waals surface area (Å²) in [5, 5.41) is 0. The van der Waals surface area contributed by atoms with Gasteiger partial charge in [0.2, 0.25) is 5.91 Å². The summed E-state index contributed by atoms with van der Waals surface area (Å²) in [6.07, 6.45) is 0.0268. The molecule has 2 rings (SSSR count). The maximum atomic E-state index is 12.7. The number of nitrogens with zero attached hydrogens (tertiary/aromatic N) is 2. The lowest BCUT2D eigenvalue weighted by Crippen LogP contribution is -2.51. The first-order chi connectivity index (χ1) is 11.8. The zero-order valence-corrected chi connectivity index (χ0v) is 16.7. The van der Waals surface area contributed by atoms with Gasteiger partial charge in [0, 0.05) is 17.6 Å². The van der Waals surface area contributed by atoms with Gasteiger partial charge >= 0.3 is 5.97 Å². The second-order valence-corrected chi connectivity index (χ2v) is 7.37. The molecule has 6 nitrogen and oxygen atoms in total. The molecule has 0 bridgehead atoms. The van der Waals surface area contributed by atoms with Gasteiger partial charge in [0.15, 0.2) is 0 Å². The molecule has 0 radical (unpaired) electrons. The summed E-state index contributed by atoms with van der Waals surface area (Å²) in [5.74, 6) is -0.412. The van der Waals surface area contributed by atoms with Crippen LogP contribution in [0.25, 0.3) is 0 Å². The van der Waals surface area contributed by atoms with Gasteiger partial charge in [0.05, 0.1) is 25.9 Å². The van der Waals surface area contributed by atoms with Crippen molar-refractivity contribution in [3.8, 4) is 0 Å². The van der Waals surface area contributed by atoms with Crippen molar-refractivity contribution in [3.63, 3.8) is 0 Å². The van der Waals surface area contributed by atoms with E-state index in [2.05, 4.69) is 15.9 Å². The number of carbonyl (C=O) groups excluding carboxylic acids is 2. The minimum atomic E-state index is -0.637. The number of amides is 1. The third kappa shape index (κ3) is 5.26. The predicted octanol–water partition coefficient (Wildman–Crippen LogP) is 2.23.